The number of nitrogens with zero attached hydrogens (tertiary/aromatic N) is 1. The highest BCUT2D eigenvalue weighted by molar-refractivity contribution is 9.10. The first-order chi connectivity index (χ1) is 9.15. The standard InChI is InChI=1S/C15H21BrN2S/c1-3-15(12-17,18-4-2)10-5-11-19-14-8-6-13(16)7-9-14/h6-9,18H,3-5,10-11H2,1-2H3. The van der Waals surface area contributed by atoms with Crippen molar-refractivity contribution >= 4 is 27.7 Å². The Hall–Kier alpha value is -0.500. The maximum atomic E-state index is 9.33. The first kappa shape index (κ1) is 16.6. The maximum absolute atomic E-state index is 9.33. The quantitative estimate of drug-likeness (QED) is 0.554. The van der Waals surface area contributed by atoms with E-state index in [4.69, 9.17) is 0 Å². The van der Waals surface area contributed by atoms with Gasteiger partial charge in [0.1, 0.15) is 5.54 Å². The van der Waals surface area contributed by atoms with Gasteiger partial charge >= 0.3 is 0 Å². The number of halogens is 1. The van der Waals surface area contributed by atoms with Gasteiger partial charge in [0.15, 0.2) is 0 Å². The summed E-state index contributed by atoms with van der Waals surface area (Å²) in [4.78, 5) is 1.28. The zero-order valence-corrected chi connectivity index (χ0v) is 14.0. The van der Waals surface area contributed by atoms with Crippen LogP contribution in [0.3, 0.4) is 0 Å². The number of rotatable bonds is 8. The molecule has 2 nitrogen and oxygen atoms in total. The van der Waals surface area contributed by atoms with Crippen LogP contribution >= 0.6 is 27.7 Å². The van der Waals surface area contributed by atoms with Crippen LogP contribution in [0.2, 0.25) is 0 Å². The van der Waals surface area contributed by atoms with Gasteiger partial charge in [0.05, 0.1) is 6.07 Å². The molecule has 1 aromatic carbocycles. The molecule has 0 heterocycles. The van der Waals surface area contributed by atoms with Gasteiger partial charge in [-0.15, -0.1) is 11.8 Å². The SMILES string of the molecule is CCNC(C#N)(CC)CCCSc1ccc(Br)cc1. The van der Waals surface area contributed by atoms with Crippen molar-refractivity contribution in [3.63, 3.8) is 0 Å². The third kappa shape index (κ3) is 5.56. The van der Waals surface area contributed by atoms with Gasteiger partial charge in [-0.2, -0.15) is 5.26 Å². The number of hydrogen-bond acceptors (Lipinski definition) is 3. The van der Waals surface area contributed by atoms with Gasteiger partial charge < -0.3 is 0 Å². The van der Waals surface area contributed by atoms with Crippen LogP contribution in [0.1, 0.15) is 33.1 Å². The lowest BCUT2D eigenvalue weighted by Gasteiger charge is -2.25. The Morgan fingerprint density at radius 1 is 1.32 bits per heavy atom. The van der Waals surface area contributed by atoms with Crippen LogP contribution in [0.4, 0.5) is 0 Å². The molecule has 0 aromatic heterocycles. The molecule has 0 saturated carbocycles. The van der Waals surface area contributed by atoms with Crippen molar-refractivity contribution in [2.75, 3.05) is 12.3 Å². The van der Waals surface area contributed by atoms with E-state index >= 15 is 0 Å². The minimum atomic E-state index is -0.338. The predicted molar refractivity (Wildman–Crippen MR) is 86.4 cm³/mol. The molecule has 1 atom stereocenters. The molecule has 0 aliphatic carbocycles. The van der Waals surface area contributed by atoms with Crippen LogP contribution < -0.4 is 5.32 Å². The summed E-state index contributed by atoms with van der Waals surface area (Å²) >= 11 is 5.29. The van der Waals surface area contributed by atoms with Crippen molar-refractivity contribution in [3.05, 3.63) is 28.7 Å². The molecule has 0 amide bonds. The minimum Gasteiger partial charge on any atom is -0.300 e. The number of benzene rings is 1. The van der Waals surface area contributed by atoms with E-state index in [2.05, 4.69) is 65.4 Å². The molecular weight excluding hydrogens is 320 g/mol. The van der Waals surface area contributed by atoms with Crippen LogP contribution in [-0.2, 0) is 0 Å². The summed E-state index contributed by atoms with van der Waals surface area (Å²) < 4.78 is 1.11. The van der Waals surface area contributed by atoms with E-state index in [0.29, 0.717) is 0 Å². The molecule has 0 bridgehead atoms. The Balaban J connectivity index is 2.37. The van der Waals surface area contributed by atoms with E-state index < -0.39 is 0 Å². The summed E-state index contributed by atoms with van der Waals surface area (Å²) in [5.74, 6) is 1.05. The van der Waals surface area contributed by atoms with Crippen LogP contribution in [-0.4, -0.2) is 17.8 Å². The van der Waals surface area contributed by atoms with Crippen molar-refractivity contribution in [1.29, 1.82) is 5.26 Å². The summed E-state index contributed by atoms with van der Waals surface area (Å²) in [5, 5.41) is 12.7. The highest BCUT2D eigenvalue weighted by atomic mass is 79.9. The fraction of sp³-hybridized carbons (Fsp3) is 0.533. The van der Waals surface area contributed by atoms with Gasteiger partial charge in [0.25, 0.3) is 0 Å². The fourth-order valence-electron chi connectivity index (χ4n) is 2.00. The molecule has 4 heteroatoms. The van der Waals surface area contributed by atoms with Gasteiger partial charge in [0, 0.05) is 9.37 Å². The molecule has 19 heavy (non-hydrogen) atoms. The second-order valence-corrected chi connectivity index (χ2v) is 6.57. The smallest absolute Gasteiger partial charge is 0.106 e. The molecule has 1 rings (SSSR count). The Labute approximate surface area is 129 Å². The molecule has 0 fully saturated rings. The average Bonchev–Trinajstić information content (AvgIpc) is 2.44. The molecule has 104 valence electrons. The lowest BCUT2D eigenvalue weighted by molar-refractivity contribution is 0.379. The summed E-state index contributed by atoms with van der Waals surface area (Å²) in [6, 6.07) is 10.8. The minimum absolute atomic E-state index is 0.338. The maximum Gasteiger partial charge on any atom is 0.106 e. The summed E-state index contributed by atoms with van der Waals surface area (Å²) in [5.41, 5.74) is -0.338. The first-order valence-electron chi connectivity index (χ1n) is 6.70. The fourth-order valence-corrected chi connectivity index (χ4v) is 3.12. The second kappa shape index (κ2) is 8.63. The topological polar surface area (TPSA) is 35.8 Å². The molecule has 1 aromatic rings. The summed E-state index contributed by atoms with van der Waals surface area (Å²) in [6.45, 7) is 4.98. The first-order valence-corrected chi connectivity index (χ1v) is 8.48. The van der Waals surface area contributed by atoms with E-state index in [1.807, 2.05) is 11.8 Å². The third-order valence-electron chi connectivity index (χ3n) is 3.16. The molecule has 0 aliphatic rings. The van der Waals surface area contributed by atoms with E-state index in [9.17, 15) is 5.26 Å². The van der Waals surface area contributed by atoms with E-state index in [-0.39, 0.29) is 5.54 Å². The highest BCUT2D eigenvalue weighted by Crippen LogP contribution is 2.24. The van der Waals surface area contributed by atoms with Crippen molar-refractivity contribution in [2.24, 2.45) is 0 Å². The van der Waals surface area contributed by atoms with Crippen molar-refractivity contribution in [3.8, 4) is 6.07 Å². The normalized spacial score (nSPS) is 13.8. The van der Waals surface area contributed by atoms with Gasteiger partial charge in [-0.3, -0.25) is 5.32 Å². The largest absolute Gasteiger partial charge is 0.300 e. The number of hydrogen-bond donors (Lipinski definition) is 1. The van der Waals surface area contributed by atoms with E-state index in [1.54, 1.807) is 0 Å². The molecule has 0 radical (unpaired) electrons. The van der Waals surface area contributed by atoms with Crippen molar-refractivity contribution < 1.29 is 0 Å². The highest BCUT2D eigenvalue weighted by Gasteiger charge is 2.25. The average molecular weight is 341 g/mol. The number of nitriles is 1. The third-order valence-corrected chi connectivity index (χ3v) is 4.79. The lowest BCUT2D eigenvalue weighted by atomic mass is 9.92. The van der Waals surface area contributed by atoms with Crippen LogP contribution in [0.25, 0.3) is 0 Å². The van der Waals surface area contributed by atoms with Crippen LogP contribution in [0, 0.1) is 11.3 Å². The van der Waals surface area contributed by atoms with Gasteiger partial charge in [-0.1, -0.05) is 29.8 Å². The molecule has 1 N–H and O–H groups in total. The Morgan fingerprint density at radius 2 is 2.00 bits per heavy atom. The van der Waals surface area contributed by atoms with Gasteiger partial charge in [-0.05, 0) is 55.8 Å². The van der Waals surface area contributed by atoms with E-state index in [1.165, 1.54) is 4.90 Å². The molecule has 0 aliphatic heterocycles. The lowest BCUT2D eigenvalue weighted by Crippen LogP contribution is -2.43. The number of thioether (sulfide) groups is 1. The summed E-state index contributed by atoms with van der Waals surface area (Å²) in [7, 11) is 0. The molecular formula is C15H21BrN2S. The van der Waals surface area contributed by atoms with Crippen LogP contribution in [0.15, 0.2) is 33.6 Å². The van der Waals surface area contributed by atoms with E-state index in [0.717, 1.165) is 36.0 Å². The zero-order valence-electron chi connectivity index (χ0n) is 11.6. The Kier molecular flexibility index (Phi) is 7.52. The summed E-state index contributed by atoms with van der Waals surface area (Å²) in [6.07, 6.45) is 2.83. The second-order valence-electron chi connectivity index (χ2n) is 4.48. The number of nitrogens with one attached hydrogen (secondary N) is 1. The monoisotopic (exact) mass is 340 g/mol. The Bertz CT molecular complexity index is 413. The van der Waals surface area contributed by atoms with Gasteiger partial charge in [0.2, 0.25) is 0 Å². The van der Waals surface area contributed by atoms with Gasteiger partial charge in [-0.25, -0.2) is 0 Å². The molecule has 1 unspecified atom stereocenters. The van der Waals surface area contributed by atoms with Crippen molar-refractivity contribution in [1.82, 2.24) is 5.32 Å². The predicted octanol–water partition coefficient (Wildman–Crippen LogP) is 4.60. The van der Waals surface area contributed by atoms with Crippen molar-refractivity contribution in [2.45, 2.75) is 43.5 Å². The Morgan fingerprint density at radius 3 is 2.53 bits per heavy atom. The zero-order chi connectivity index (χ0) is 14.1. The van der Waals surface area contributed by atoms with Crippen LogP contribution in [0.5, 0.6) is 0 Å². The molecule has 0 spiro atoms. The molecule has 0 saturated heterocycles.